The maximum atomic E-state index is 13.6. The van der Waals surface area contributed by atoms with Gasteiger partial charge in [0.2, 0.25) is 5.91 Å². The number of amides is 2. The average Bonchev–Trinajstić information content (AvgIpc) is 3.14. The van der Waals surface area contributed by atoms with Crippen molar-refractivity contribution in [2.45, 2.75) is 54.0 Å². The first-order valence-electron chi connectivity index (χ1n) is 11.3. The average molecular weight is 455 g/mol. The molecule has 0 spiro atoms. The lowest BCUT2D eigenvalue weighted by Crippen LogP contribution is -2.42. The van der Waals surface area contributed by atoms with Crippen molar-refractivity contribution in [2.24, 2.45) is 10.9 Å². The van der Waals surface area contributed by atoms with Crippen LogP contribution in [0.15, 0.2) is 51.6 Å². The molecule has 32 heavy (non-hydrogen) atoms. The molecule has 2 aliphatic heterocycles. The van der Waals surface area contributed by atoms with Gasteiger partial charge in [0.15, 0.2) is 5.17 Å². The third-order valence-electron chi connectivity index (χ3n) is 5.72. The first-order valence-corrected chi connectivity index (χ1v) is 12.2. The van der Waals surface area contributed by atoms with Crippen LogP contribution in [0.4, 0.5) is 0 Å². The minimum Gasteiger partial charge on any atom is -0.356 e. The van der Waals surface area contributed by atoms with Crippen LogP contribution in [0.3, 0.4) is 0 Å². The molecule has 172 valence electrons. The zero-order chi connectivity index (χ0) is 23.4. The van der Waals surface area contributed by atoms with Gasteiger partial charge in [-0.2, -0.15) is 0 Å². The van der Waals surface area contributed by atoms with E-state index in [1.54, 1.807) is 0 Å². The minimum atomic E-state index is -0.310. The van der Waals surface area contributed by atoms with Gasteiger partial charge in [0.05, 0.1) is 23.7 Å². The van der Waals surface area contributed by atoms with Crippen LogP contribution in [0.1, 0.15) is 58.2 Å². The Balaban J connectivity index is 2.01. The van der Waals surface area contributed by atoms with Crippen LogP contribution < -0.4 is 5.32 Å². The number of allylic oxidation sites excluding steroid dienone is 1. The zero-order valence-corrected chi connectivity index (χ0v) is 20.8. The Hall–Kier alpha value is -2.54. The second-order valence-corrected chi connectivity index (χ2v) is 9.49. The summed E-state index contributed by atoms with van der Waals surface area (Å²) in [6.07, 6.45) is 0.257. The quantitative estimate of drug-likeness (QED) is 0.623. The van der Waals surface area contributed by atoms with Crippen molar-refractivity contribution in [3.05, 3.63) is 57.8 Å². The van der Waals surface area contributed by atoms with Crippen molar-refractivity contribution in [3.63, 3.8) is 0 Å². The predicted molar refractivity (Wildman–Crippen MR) is 132 cm³/mol. The first-order chi connectivity index (χ1) is 15.3. The van der Waals surface area contributed by atoms with E-state index in [2.05, 4.69) is 55.3 Å². The van der Waals surface area contributed by atoms with Gasteiger partial charge in [-0.1, -0.05) is 55.4 Å². The first kappa shape index (κ1) is 24.1. The highest BCUT2D eigenvalue weighted by atomic mass is 32.2. The second kappa shape index (κ2) is 10.4. The number of benzene rings is 1. The van der Waals surface area contributed by atoms with Gasteiger partial charge in [-0.3, -0.25) is 9.59 Å². The minimum absolute atomic E-state index is 0.00128. The highest BCUT2D eigenvalue weighted by Gasteiger charge is 2.41. The third-order valence-corrected chi connectivity index (χ3v) is 6.61. The molecule has 0 saturated carbocycles. The van der Waals surface area contributed by atoms with E-state index in [9.17, 15) is 9.59 Å². The normalized spacial score (nSPS) is 17.8. The Morgan fingerprint density at radius 1 is 1.16 bits per heavy atom. The van der Waals surface area contributed by atoms with E-state index in [0.717, 1.165) is 27.7 Å². The van der Waals surface area contributed by atoms with Crippen molar-refractivity contribution >= 4 is 28.7 Å². The molecular weight excluding hydrogens is 420 g/mol. The number of hydrogen-bond donors (Lipinski definition) is 1. The molecule has 0 bridgehead atoms. The number of aliphatic imine (C=N–C) groups is 1. The van der Waals surface area contributed by atoms with Crippen molar-refractivity contribution in [3.8, 4) is 0 Å². The maximum absolute atomic E-state index is 13.6. The third kappa shape index (κ3) is 5.09. The maximum Gasteiger partial charge on any atom is 0.254 e. The number of hydrogen-bond acceptors (Lipinski definition) is 5. The fourth-order valence-electron chi connectivity index (χ4n) is 3.93. The number of nitrogens with zero attached hydrogens (tertiary/aromatic N) is 3. The summed E-state index contributed by atoms with van der Waals surface area (Å²) < 4.78 is 0. The summed E-state index contributed by atoms with van der Waals surface area (Å²) in [7, 11) is 0. The van der Waals surface area contributed by atoms with Gasteiger partial charge >= 0.3 is 0 Å². The molecule has 6 nitrogen and oxygen atoms in total. The molecule has 1 unspecified atom stereocenters. The molecule has 0 aromatic heterocycles. The van der Waals surface area contributed by atoms with Crippen molar-refractivity contribution in [2.75, 3.05) is 19.6 Å². The Kier molecular flexibility index (Phi) is 7.82. The predicted octanol–water partition coefficient (Wildman–Crippen LogP) is 4.60. The Labute approximate surface area is 195 Å². The van der Waals surface area contributed by atoms with Crippen LogP contribution >= 0.6 is 11.8 Å². The lowest BCUT2D eigenvalue weighted by Gasteiger charge is -2.38. The van der Waals surface area contributed by atoms with Crippen LogP contribution in [0, 0.1) is 12.8 Å². The number of nitrogens with one attached hydrogen (secondary N) is 1. The molecule has 1 aromatic rings. The molecule has 0 radical (unpaired) electrons. The summed E-state index contributed by atoms with van der Waals surface area (Å²) in [6, 6.07) is 7.97. The number of aryl methyl sites for hydroxylation is 1. The summed E-state index contributed by atoms with van der Waals surface area (Å²) in [5, 5.41) is 5.81. The highest BCUT2D eigenvalue weighted by molar-refractivity contribution is 8.16. The molecule has 0 saturated heterocycles. The largest absolute Gasteiger partial charge is 0.356 e. The molecule has 1 atom stereocenters. The van der Waals surface area contributed by atoms with Gasteiger partial charge in [0.25, 0.3) is 5.91 Å². The van der Waals surface area contributed by atoms with E-state index in [1.165, 1.54) is 11.8 Å². The van der Waals surface area contributed by atoms with Gasteiger partial charge in [-0.05, 0) is 44.6 Å². The van der Waals surface area contributed by atoms with Crippen LogP contribution in [0.25, 0.3) is 0 Å². The van der Waals surface area contributed by atoms with E-state index in [-0.39, 0.29) is 24.3 Å². The van der Waals surface area contributed by atoms with Gasteiger partial charge in [0, 0.05) is 25.3 Å². The Morgan fingerprint density at radius 2 is 1.81 bits per heavy atom. The molecule has 0 fully saturated rings. The van der Waals surface area contributed by atoms with Crippen LogP contribution in [-0.4, -0.2) is 46.4 Å². The van der Waals surface area contributed by atoms with E-state index in [0.29, 0.717) is 31.1 Å². The topological polar surface area (TPSA) is 65.0 Å². The molecule has 2 aliphatic rings. The molecule has 3 rings (SSSR count). The molecule has 1 N–H and O–H groups in total. The summed E-state index contributed by atoms with van der Waals surface area (Å²) >= 11 is 1.51. The number of carbonyl (C=O) groups excluding carboxylic acids is 2. The lowest BCUT2D eigenvalue weighted by molar-refractivity contribution is -0.127. The molecule has 0 aliphatic carbocycles. The second-order valence-electron chi connectivity index (χ2n) is 8.66. The van der Waals surface area contributed by atoms with E-state index >= 15 is 0 Å². The molecular formula is C25H34N4O2S. The highest BCUT2D eigenvalue weighted by Crippen LogP contribution is 2.45. The van der Waals surface area contributed by atoms with Crippen LogP contribution in [0.2, 0.25) is 0 Å². The van der Waals surface area contributed by atoms with Gasteiger partial charge in [0.1, 0.15) is 0 Å². The number of likely N-dealkylation sites (N-methyl/N-ethyl adjacent to an activating group) is 1. The smallest absolute Gasteiger partial charge is 0.254 e. The lowest BCUT2D eigenvalue weighted by atomic mass is 9.92. The van der Waals surface area contributed by atoms with Crippen molar-refractivity contribution < 1.29 is 9.59 Å². The number of fused-ring (bicyclic) bond motifs is 1. The number of rotatable bonds is 8. The summed E-state index contributed by atoms with van der Waals surface area (Å²) in [5.41, 5.74) is 4.48. The van der Waals surface area contributed by atoms with Crippen LogP contribution in [0.5, 0.6) is 0 Å². The summed E-state index contributed by atoms with van der Waals surface area (Å²) in [4.78, 5) is 34.9. The standard InChI is InChI=1S/C25H34N4O2S/c1-7-28(8-2)24(31)22-18(6)27-25-29(23(22)19-11-9-17(5)10-12-19)20(15-32-25)13-21(30)26-14-16(3)4/h9-12,15-16,23H,7-8,13-14H2,1-6H3,(H,26,30). The van der Waals surface area contributed by atoms with E-state index in [1.807, 2.05) is 31.1 Å². The van der Waals surface area contributed by atoms with Gasteiger partial charge in [-0.25, -0.2) is 4.99 Å². The fourth-order valence-corrected chi connectivity index (χ4v) is 4.90. The summed E-state index contributed by atoms with van der Waals surface area (Å²) in [6.45, 7) is 14.0. The number of amidine groups is 1. The van der Waals surface area contributed by atoms with Gasteiger partial charge in [-0.15, -0.1) is 0 Å². The molecule has 7 heteroatoms. The Morgan fingerprint density at radius 3 is 2.41 bits per heavy atom. The SMILES string of the molecule is CCN(CC)C(=O)C1=C(C)N=C2SC=C(CC(=O)NCC(C)C)N2C1c1ccc(C)cc1. The van der Waals surface area contributed by atoms with E-state index in [4.69, 9.17) is 4.99 Å². The van der Waals surface area contributed by atoms with Crippen molar-refractivity contribution in [1.82, 2.24) is 15.1 Å². The molecule has 2 heterocycles. The number of thioether (sulfide) groups is 1. The monoisotopic (exact) mass is 454 g/mol. The van der Waals surface area contributed by atoms with Gasteiger partial charge < -0.3 is 15.1 Å². The molecule has 2 amide bonds. The fraction of sp³-hybridized carbons (Fsp3) is 0.480. The number of carbonyl (C=O) groups is 2. The Bertz CT molecular complexity index is 959. The van der Waals surface area contributed by atoms with E-state index < -0.39 is 0 Å². The summed E-state index contributed by atoms with van der Waals surface area (Å²) in [5.74, 6) is 0.376. The van der Waals surface area contributed by atoms with Crippen molar-refractivity contribution in [1.29, 1.82) is 0 Å². The zero-order valence-electron chi connectivity index (χ0n) is 19.9. The molecule has 1 aromatic carbocycles. The van der Waals surface area contributed by atoms with Crippen LogP contribution in [-0.2, 0) is 9.59 Å².